The molecule has 0 aromatic heterocycles. The van der Waals surface area contributed by atoms with Crippen molar-refractivity contribution in [3.63, 3.8) is 0 Å². The second-order valence-corrected chi connectivity index (χ2v) is 5.49. The van der Waals surface area contributed by atoms with Crippen LogP contribution < -0.4 is 5.32 Å². The molecule has 15 heavy (non-hydrogen) atoms. The molecule has 0 radical (unpaired) electrons. The van der Waals surface area contributed by atoms with E-state index in [1.54, 1.807) is 6.92 Å². The quantitative estimate of drug-likeness (QED) is 0.640. The molecule has 1 heterocycles. The zero-order valence-corrected chi connectivity index (χ0v) is 9.50. The number of rotatable bonds is 3. The summed E-state index contributed by atoms with van der Waals surface area (Å²) in [5.74, 6) is -1.21. The van der Waals surface area contributed by atoms with Crippen molar-refractivity contribution in [1.29, 1.82) is 0 Å². The molecule has 1 saturated heterocycles. The van der Waals surface area contributed by atoms with E-state index in [1.165, 1.54) is 6.92 Å². The molecular weight excluding hydrogens is 220 g/mol. The van der Waals surface area contributed by atoms with Crippen LogP contribution in [0.5, 0.6) is 0 Å². The van der Waals surface area contributed by atoms with Crippen LogP contribution in [-0.2, 0) is 19.6 Å². The number of imide groups is 1. The Bertz CT molecular complexity index is 376. The summed E-state index contributed by atoms with van der Waals surface area (Å²) < 4.78 is 24.2. The molecule has 1 aliphatic heterocycles. The minimum absolute atomic E-state index is 0.107. The number of carbonyl (C=O) groups excluding carboxylic acids is 2. The third-order valence-corrected chi connectivity index (χ3v) is 4.15. The van der Waals surface area contributed by atoms with Crippen LogP contribution in [0, 0.1) is 0 Å². The molecule has 7 heteroatoms. The Morgan fingerprint density at radius 3 is 2.47 bits per heavy atom. The summed E-state index contributed by atoms with van der Waals surface area (Å²) in [6.45, 7) is 2.93. The molecular formula is C8H14N2O4S. The summed E-state index contributed by atoms with van der Waals surface area (Å²) in [5.41, 5.74) is 0. The van der Waals surface area contributed by atoms with Gasteiger partial charge in [0.25, 0.3) is 0 Å². The topological polar surface area (TPSA) is 83.6 Å². The van der Waals surface area contributed by atoms with Crippen molar-refractivity contribution in [3.05, 3.63) is 0 Å². The van der Waals surface area contributed by atoms with Gasteiger partial charge in [-0.1, -0.05) is 6.92 Å². The molecule has 0 aromatic carbocycles. The Hall–Kier alpha value is -0.950. The number of piperazine rings is 1. The lowest BCUT2D eigenvalue weighted by Gasteiger charge is -2.31. The molecule has 1 aliphatic rings. The van der Waals surface area contributed by atoms with Crippen molar-refractivity contribution in [2.75, 3.05) is 12.3 Å². The number of amides is 2. The van der Waals surface area contributed by atoms with Gasteiger partial charge in [-0.3, -0.25) is 14.9 Å². The summed E-state index contributed by atoms with van der Waals surface area (Å²) in [6, 6.07) is -0.757. The zero-order chi connectivity index (χ0) is 11.6. The Morgan fingerprint density at radius 2 is 2.00 bits per heavy atom. The summed E-state index contributed by atoms with van der Waals surface area (Å²) >= 11 is 0. The molecule has 0 aliphatic carbocycles. The first-order valence-electron chi connectivity index (χ1n) is 4.75. The van der Waals surface area contributed by atoms with Gasteiger partial charge in [0, 0.05) is 0 Å². The molecule has 86 valence electrons. The average molecular weight is 234 g/mol. The average Bonchev–Trinajstić information content (AvgIpc) is 2.16. The summed E-state index contributed by atoms with van der Waals surface area (Å²) in [4.78, 5) is 22.4. The molecule has 0 spiro atoms. The summed E-state index contributed by atoms with van der Waals surface area (Å²) in [5, 5.41) is 2.12. The van der Waals surface area contributed by atoms with Gasteiger partial charge < -0.3 is 0 Å². The minimum Gasteiger partial charge on any atom is -0.294 e. The Morgan fingerprint density at radius 1 is 1.40 bits per heavy atom. The van der Waals surface area contributed by atoms with Crippen LogP contribution >= 0.6 is 0 Å². The van der Waals surface area contributed by atoms with Crippen LogP contribution in [0.2, 0.25) is 0 Å². The van der Waals surface area contributed by atoms with Crippen LogP contribution in [-0.4, -0.2) is 42.9 Å². The number of carbonyl (C=O) groups is 2. The number of hydrogen-bond donors (Lipinski definition) is 1. The van der Waals surface area contributed by atoms with Crippen molar-refractivity contribution < 1.29 is 18.0 Å². The molecule has 6 nitrogen and oxygen atoms in total. The first-order chi connectivity index (χ1) is 6.92. The van der Waals surface area contributed by atoms with Crippen LogP contribution in [0.15, 0.2) is 0 Å². The number of sulfonamides is 1. The van der Waals surface area contributed by atoms with Crippen molar-refractivity contribution in [1.82, 2.24) is 9.62 Å². The van der Waals surface area contributed by atoms with E-state index in [4.69, 9.17) is 0 Å². The van der Waals surface area contributed by atoms with E-state index in [9.17, 15) is 18.0 Å². The van der Waals surface area contributed by atoms with Crippen LogP contribution in [0.3, 0.4) is 0 Å². The smallest absolute Gasteiger partial charge is 0.245 e. The number of nitrogens with zero attached hydrogens (tertiary/aromatic N) is 1. The molecule has 1 atom stereocenters. The fraction of sp³-hybridized carbons (Fsp3) is 0.750. The van der Waals surface area contributed by atoms with Crippen molar-refractivity contribution in [3.8, 4) is 0 Å². The van der Waals surface area contributed by atoms with E-state index < -0.39 is 27.9 Å². The van der Waals surface area contributed by atoms with Crippen LogP contribution in [0.1, 0.15) is 20.3 Å². The number of hydrogen-bond acceptors (Lipinski definition) is 4. The van der Waals surface area contributed by atoms with Gasteiger partial charge in [-0.15, -0.1) is 0 Å². The predicted octanol–water partition coefficient (Wildman–Crippen LogP) is -0.927. The lowest BCUT2D eigenvalue weighted by atomic mass is 10.2. The van der Waals surface area contributed by atoms with E-state index in [1.807, 2.05) is 0 Å². The highest BCUT2D eigenvalue weighted by molar-refractivity contribution is 7.89. The lowest BCUT2D eigenvalue weighted by Crippen LogP contribution is -2.59. The van der Waals surface area contributed by atoms with Crippen molar-refractivity contribution >= 4 is 21.8 Å². The highest BCUT2D eigenvalue weighted by Crippen LogP contribution is 2.14. The fourth-order valence-electron chi connectivity index (χ4n) is 1.49. The van der Waals surface area contributed by atoms with Crippen molar-refractivity contribution in [2.45, 2.75) is 26.3 Å². The van der Waals surface area contributed by atoms with Crippen molar-refractivity contribution in [2.24, 2.45) is 0 Å². The van der Waals surface area contributed by atoms with Crippen LogP contribution in [0.4, 0.5) is 0 Å². The highest BCUT2D eigenvalue weighted by atomic mass is 32.2. The molecule has 1 fully saturated rings. The highest BCUT2D eigenvalue weighted by Gasteiger charge is 2.38. The standard InChI is InChI=1S/C8H14N2O4S/c1-3-6-8(12)9-7(11)5-10(6)15(13,14)4-2/h6H,3-5H2,1-2H3,(H,9,11,12). The van der Waals surface area contributed by atoms with Gasteiger partial charge >= 0.3 is 0 Å². The van der Waals surface area contributed by atoms with Gasteiger partial charge in [0.2, 0.25) is 21.8 Å². The third-order valence-electron chi connectivity index (χ3n) is 2.32. The van der Waals surface area contributed by atoms with Gasteiger partial charge in [-0.25, -0.2) is 8.42 Å². The maximum absolute atomic E-state index is 11.6. The Kier molecular flexibility index (Phi) is 3.46. The zero-order valence-electron chi connectivity index (χ0n) is 8.69. The molecule has 1 rings (SSSR count). The molecule has 1 unspecified atom stereocenters. The maximum atomic E-state index is 11.6. The molecule has 2 amide bonds. The molecule has 0 bridgehead atoms. The summed E-state index contributed by atoms with van der Waals surface area (Å²) in [7, 11) is -3.50. The normalized spacial score (nSPS) is 24.0. The first kappa shape index (κ1) is 12.1. The van der Waals surface area contributed by atoms with E-state index in [2.05, 4.69) is 5.32 Å². The number of nitrogens with one attached hydrogen (secondary N) is 1. The Balaban J connectivity index is 3.03. The minimum atomic E-state index is -3.50. The lowest BCUT2D eigenvalue weighted by molar-refractivity contribution is -0.137. The second kappa shape index (κ2) is 4.28. The Labute approximate surface area is 88.7 Å². The van der Waals surface area contributed by atoms with Gasteiger partial charge in [-0.05, 0) is 13.3 Å². The van der Waals surface area contributed by atoms with Gasteiger partial charge in [0.15, 0.2) is 0 Å². The van der Waals surface area contributed by atoms with Gasteiger partial charge in [0.05, 0.1) is 12.3 Å². The molecule has 1 N–H and O–H groups in total. The summed E-state index contributed by atoms with van der Waals surface area (Å²) in [6.07, 6.45) is 0.359. The van der Waals surface area contributed by atoms with E-state index in [0.717, 1.165) is 4.31 Å². The molecule has 0 aromatic rings. The second-order valence-electron chi connectivity index (χ2n) is 3.28. The predicted molar refractivity (Wildman–Crippen MR) is 53.4 cm³/mol. The first-order valence-corrected chi connectivity index (χ1v) is 6.36. The van der Waals surface area contributed by atoms with Gasteiger partial charge in [-0.2, -0.15) is 4.31 Å². The fourth-order valence-corrected chi connectivity index (χ4v) is 2.77. The van der Waals surface area contributed by atoms with E-state index in [0.29, 0.717) is 6.42 Å². The maximum Gasteiger partial charge on any atom is 0.245 e. The van der Waals surface area contributed by atoms with E-state index in [-0.39, 0.29) is 12.3 Å². The SMILES string of the molecule is CCC1C(=O)NC(=O)CN1S(=O)(=O)CC. The third kappa shape index (κ3) is 2.35. The molecule has 0 saturated carbocycles. The largest absolute Gasteiger partial charge is 0.294 e. The van der Waals surface area contributed by atoms with E-state index >= 15 is 0 Å². The monoisotopic (exact) mass is 234 g/mol. The van der Waals surface area contributed by atoms with Crippen LogP contribution in [0.25, 0.3) is 0 Å². The van der Waals surface area contributed by atoms with Gasteiger partial charge in [0.1, 0.15) is 6.04 Å².